The number of aromatic nitrogens is 5. The minimum Gasteiger partial charge on any atom is -0.330 e. The number of aryl methyl sites for hydroxylation is 1. The molecule has 0 aliphatic carbocycles. The molecule has 1 saturated heterocycles. The number of nitrogens with zero attached hydrogens (tertiary/aromatic N) is 6. The average Bonchev–Trinajstić information content (AvgIpc) is 3.18. The van der Waals surface area contributed by atoms with Crippen LogP contribution in [0, 0.1) is 0 Å². The maximum atomic E-state index is 6.10. The first-order chi connectivity index (χ1) is 11.7. The first-order valence-electron chi connectivity index (χ1n) is 8.38. The van der Waals surface area contributed by atoms with Crippen molar-refractivity contribution in [3.63, 3.8) is 0 Å². The molecule has 2 aromatic heterocycles. The van der Waals surface area contributed by atoms with Crippen LogP contribution >= 0.6 is 11.6 Å². The minimum absolute atomic E-state index is 0.476. The highest BCUT2D eigenvalue weighted by Gasteiger charge is 2.24. The molecule has 3 aromatic rings. The lowest BCUT2D eigenvalue weighted by Gasteiger charge is -2.35. The maximum absolute atomic E-state index is 6.10. The number of benzene rings is 1. The number of hydrogen-bond donors (Lipinski definition) is 0. The Labute approximate surface area is 146 Å². The van der Waals surface area contributed by atoms with Crippen LogP contribution in [0.25, 0.3) is 11.0 Å². The van der Waals surface area contributed by atoms with Crippen molar-refractivity contribution in [2.24, 2.45) is 7.05 Å². The van der Waals surface area contributed by atoms with Gasteiger partial charge in [-0.05, 0) is 37.6 Å². The van der Waals surface area contributed by atoms with E-state index < -0.39 is 0 Å². The van der Waals surface area contributed by atoms with Crippen molar-refractivity contribution in [3.05, 3.63) is 41.7 Å². The zero-order valence-electron chi connectivity index (χ0n) is 13.8. The van der Waals surface area contributed by atoms with Gasteiger partial charge in [0, 0.05) is 18.1 Å². The van der Waals surface area contributed by atoms with Crippen molar-refractivity contribution in [3.8, 4) is 0 Å². The maximum Gasteiger partial charge on any atom is 0.137 e. The lowest BCUT2D eigenvalue weighted by atomic mass is 10.0. The Bertz CT molecular complexity index is 825. The third kappa shape index (κ3) is 3.03. The summed E-state index contributed by atoms with van der Waals surface area (Å²) in [6.45, 7) is 2.83. The fourth-order valence-corrected chi connectivity index (χ4v) is 3.73. The van der Waals surface area contributed by atoms with Crippen LogP contribution < -0.4 is 0 Å². The summed E-state index contributed by atoms with van der Waals surface area (Å²) in [5.41, 5.74) is 2.09. The van der Waals surface area contributed by atoms with Crippen LogP contribution in [-0.4, -0.2) is 41.8 Å². The van der Waals surface area contributed by atoms with Crippen LogP contribution in [0.4, 0.5) is 0 Å². The van der Waals surface area contributed by atoms with E-state index in [0.717, 1.165) is 41.5 Å². The molecule has 3 heterocycles. The smallest absolute Gasteiger partial charge is 0.137 e. The summed E-state index contributed by atoms with van der Waals surface area (Å²) >= 11 is 6.10. The van der Waals surface area contributed by atoms with E-state index in [-0.39, 0.29) is 0 Å². The number of hydrogen-bond acceptors (Lipinski definition) is 4. The van der Waals surface area contributed by atoms with E-state index in [1.165, 1.54) is 19.3 Å². The number of fused-ring (bicyclic) bond motifs is 1. The molecule has 0 N–H and O–H groups in total. The predicted molar refractivity (Wildman–Crippen MR) is 93.8 cm³/mol. The number of likely N-dealkylation sites (tertiary alicyclic amines) is 1. The molecule has 1 atom stereocenters. The second-order valence-electron chi connectivity index (χ2n) is 6.46. The summed E-state index contributed by atoms with van der Waals surface area (Å²) in [4.78, 5) is 11.4. The SMILES string of the molecule is Cn1c(CN2CCCC[C@@H]2Cn2cncn2)nc2cc(Cl)ccc21. The molecular weight excluding hydrogens is 324 g/mol. The van der Waals surface area contributed by atoms with Gasteiger partial charge in [0.05, 0.1) is 24.1 Å². The molecule has 0 spiro atoms. The summed E-state index contributed by atoms with van der Waals surface area (Å²) < 4.78 is 4.10. The monoisotopic (exact) mass is 344 g/mol. The Morgan fingerprint density at radius 3 is 3.04 bits per heavy atom. The van der Waals surface area contributed by atoms with Crippen molar-refractivity contribution < 1.29 is 0 Å². The highest BCUT2D eigenvalue weighted by molar-refractivity contribution is 6.31. The summed E-state index contributed by atoms with van der Waals surface area (Å²) in [7, 11) is 2.08. The van der Waals surface area contributed by atoms with Crippen LogP contribution in [0.1, 0.15) is 25.1 Å². The molecule has 1 aliphatic rings. The van der Waals surface area contributed by atoms with E-state index in [4.69, 9.17) is 16.6 Å². The van der Waals surface area contributed by atoms with Gasteiger partial charge >= 0.3 is 0 Å². The van der Waals surface area contributed by atoms with Crippen LogP contribution in [0.3, 0.4) is 0 Å². The molecule has 1 aliphatic heterocycles. The van der Waals surface area contributed by atoms with Gasteiger partial charge in [-0.2, -0.15) is 5.10 Å². The second kappa shape index (κ2) is 6.53. The van der Waals surface area contributed by atoms with Gasteiger partial charge in [-0.1, -0.05) is 18.0 Å². The van der Waals surface area contributed by atoms with Crippen molar-refractivity contribution >= 4 is 22.6 Å². The number of piperidine rings is 1. The number of rotatable bonds is 4. The Balaban J connectivity index is 1.57. The van der Waals surface area contributed by atoms with E-state index in [1.807, 2.05) is 22.9 Å². The zero-order chi connectivity index (χ0) is 16.5. The molecule has 6 nitrogen and oxygen atoms in total. The Kier molecular flexibility index (Phi) is 4.24. The number of imidazole rings is 1. The van der Waals surface area contributed by atoms with Crippen molar-refractivity contribution in [1.29, 1.82) is 0 Å². The van der Waals surface area contributed by atoms with Gasteiger partial charge in [0.1, 0.15) is 18.5 Å². The van der Waals surface area contributed by atoms with E-state index in [2.05, 4.69) is 26.6 Å². The third-order valence-corrected chi connectivity index (χ3v) is 5.13. The van der Waals surface area contributed by atoms with Crippen molar-refractivity contribution in [2.45, 2.75) is 38.4 Å². The molecule has 0 unspecified atom stereocenters. The molecule has 1 fully saturated rings. The second-order valence-corrected chi connectivity index (χ2v) is 6.89. The van der Waals surface area contributed by atoms with E-state index in [1.54, 1.807) is 12.7 Å². The van der Waals surface area contributed by atoms with Crippen LogP contribution in [0.2, 0.25) is 5.02 Å². The third-order valence-electron chi connectivity index (χ3n) is 4.89. The Hall–Kier alpha value is -1.92. The molecule has 0 radical (unpaired) electrons. The van der Waals surface area contributed by atoms with Crippen LogP contribution in [0.5, 0.6) is 0 Å². The molecule has 7 heteroatoms. The van der Waals surface area contributed by atoms with Gasteiger partial charge < -0.3 is 4.57 Å². The largest absolute Gasteiger partial charge is 0.330 e. The van der Waals surface area contributed by atoms with Gasteiger partial charge in [-0.15, -0.1) is 0 Å². The van der Waals surface area contributed by atoms with Gasteiger partial charge in [-0.3, -0.25) is 9.58 Å². The zero-order valence-corrected chi connectivity index (χ0v) is 14.5. The Morgan fingerprint density at radius 2 is 2.21 bits per heavy atom. The van der Waals surface area contributed by atoms with Gasteiger partial charge in [0.15, 0.2) is 0 Å². The van der Waals surface area contributed by atoms with E-state index >= 15 is 0 Å². The highest BCUT2D eigenvalue weighted by Crippen LogP contribution is 2.24. The minimum atomic E-state index is 0.476. The van der Waals surface area contributed by atoms with E-state index in [9.17, 15) is 0 Å². The molecule has 0 amide bonds. The summed E-state index contributed by atoms with van der Waals surface area (Å²) in [6.07, 6.45) is 7.10. The lowest BCUT2D eigenvalue weighted by Crippen LogP contribution is -2.42. The molecule has 1 aromatic carbocycles. The summed E-state index contributed by atoms with van der Waals surface area (Å²) in [5, 5.41) is 4.99. The molecular formula is C17H21ClN6. The first-order valence-corrected chi connectivity index (χ1v) is 8.76. The average molecular weight is 345 g/mol. The quantitative estimate of drug-likeness (QED) is 0.730. The Morgan fingerprint density at radius 1 is 1.29 bits per heavy atom. The molecule has 4 rings (SSSR count). The standard InChI is InChI=1S/C17H21ClN6/c1-22-16-6-5-13(18)8-15(16)21-17(22)10-23-7-3-2-4-14(23)9-24-12-19-11-20-24/h5-6,8,11-12,14H,2-4,7,9-10H2,1H3/t14-/m1/s1. The number of halogens is 1. The fraction of sp³-hybridized carbons (Fsp3) is 0.471. The fourth-order valence-electron chi connectivity index (χ4n) is 3.56. The van der Waals surface area contributed by atoms with Crippen molar-refractivity contribution in [2.75, 3.05) is 6.54 Å². The van der Waals surface area contributed by atoms with Gasteiger partial charge in [0.25, 0.3) is 0 Å². The van der Waals surface area contributed by atoms with Crippen LogP contribution in [0.15, 0.2) is 30.9 Å². The topological polar surface area (TPSA) is 51.8 Å². The van der Waals surface area contributed by atoms with Gasteiger partial charge in [-0.25, -0.2) is 9.97 Å². The normalized spacial score (nSPS) is 19.2. The van der Waals surface area contributed by atoms with E-state index in [0.29, 0.717) is 6.04 Å². The molecule has 0 bridgehead atoms. The molecule has 0 saturated carbocycles. The first kappa shape index (κ1) is 15.6. The highest BCUT2D eigenvalue weighted by atomic mass is 35.5. The summed E-state index contributed by atoms with van der Waals surface area (Å²) in [5.74, 6) is 1.08. The lowest BCUT2D eigenvalue weighted by molar-refractivity contribution is 0.118. The summed E-state index contributed by atoms with van der Waals surface area (Å²) in [6, 6.07) is 6.37. The molecule has 126 valence electrons. The molecule has 24 heavy (non-hydrogen) atoms. The van der Waals surface area contributed by atoms with Crippen molar-refractivity contribution in [1.82, 2.24) is 29.2 Å². The van der Waals surface area contributed by atoms with Gasteiger partial charge in [0.2, 0.25) is 0 Å². The van der Waals surface area contributed by atoms with Crippen LogP contribution in [-0.2, 0) is 20.1 Å². The predicted octanol–water partition coefficient (Wildman–Crippen LogP) is 2.87.